The van der Waals surface area contributed by atoms with Crippen molar-refractivity contribution in [1.82, 2.24) is 4.98 Å². The maximum atomic E-state index is 12.5. The predicted octanol–water partition coefficient (Wildman–Crippen LogP) is 2.14. The Hall–Kier alpha value is -1.75. The molecule has 5 heteroatoms. The molecule has 1 aromatic heterocycles. The summed E-state index contributed by atoms with van der Waals surface area (Å²) in [4.78, 5) is 30.4. The Labute approximate surface area is 124 Å². The Morgan fingerprint density at radius 2 is 1.76 bits per heavy atom. The van der Waals surface area contributed by atoms with Crippen molar-refractivity contribution >= 4 is 17.6 Å². The maximum absolute atomic E-state index is 12.5. The zero-order valence-electron chi connectivity index (χ0n) is 12.2. The monoisotopic (exact) mass is 287 g/mol. The summed E-state index contributed by atoms with van der Waals surface area (Å²) in [6.07, 6.45) is 8.04. The molecule has 2 aliphatic rings. The van der Waals surface area contributed by atoms with Gasteiger partial charge in [-0.05, 0) is 29.9 Å². The van der Waals surface area contributed by atoms with Gasteiger partial charge in [-0.25, -0.2) is 9.88 Å². The van der Waals surface area contributed by atoms with Crippen molar-refractivity contribution in [1.29, 1.82) is 0 Å². The molecule has 0 bridgehead atoms. The van der Waals surface area contributed by atoms with Crippen molar-refractivity contribution in [3.05, 3.63) is 23.9 Å². The highest BCUT2D eigenvalue weighted by Crippen LogP contribution is 2.45. The molecular weight excluding hydrogens is 266 g/mol. The third-order valence-corrected chi connectivity index (χ3v) is 4.74. The molecule has 1 aromatic rings. The number of aromatic nitrogens is 1. The Morgan fingerprint density at radius 3 is 2.29 bits per heavy atom. The summed E-state index contributed by atoms with van der Waals surface area (Å²) in [6.45, 7) is 0.401. The van der Waals surface area contributed by atoms with Gasteiger partial charge in [0.25, 0.3) is 0 Å². The third kappa shape index (κ3) is 2.70. The smallest absolute Gasteiger partial charge is 0.235 e. The van der Waals surface area contributed by atoms with E-state index in [0.29, 0.717) is 25.2 Å². The van der Waals surface area contributed by atoms with Gasteiger partial charge in [0.1, 0.15) is 5.82 Å². The van der Waals surface area contributed by atoms with Gasteiger partial charge >= 0.3 is 0 Å². The molecule has 1 saturated heterocycles. The normalized spacial score (nSPS) is 21.9. The standard InChI is InChI=1S/C16H21N3O2/c17-10-12-4-5-13(18-11-12)19-14(20)8-16(9-15(19)21)6-2-1-3-7-16/h4-5,11H,1-3,6-10,17H2. The van der Waals surface area contributed by atoms with Crippen LogP contribution in [-0.4, -0.2) is 16.8 Å². The van der Waals surface area contributed by atoms with Crippen LogP contribution in [0.25, 0.3) is 0 Å². The van der Waals surface area contributed by atoms with Crippen molar-refractivity contribution < 1.29 is 9.59 Å². The number of pyridine rings is 1. The number of carbonyl (C=O) groups is 2. The Kier molecular flexibility index (Phi) is 3.76. The highest BCUT2D eigenvalue weighted by atomic mass is 16.2. The van der Waals surface area contributed by atoms with E-state index in [0.717, 1.165) is 31.2 Å². The zero-order valence-corrected chi connectivity index (χ0v) is 12.2. The molecule has 112 valence electrons. The van der Waals surface area contributed by atoms with E-state index >= 15 is 0 Å². The Morgan fingerprint density at radius 1 is 1.10 bits per heavy atom. The lowest BCUT2D eigenvalue weighted by atomic mass is 9.67. The van der Waals surface area contributed by atoms with E-state index < -0.39 is 0 Å². The number of hydrogen-bond donors (Lipinski definition) is 1. The molecule has 0 aromatic carbocycles. The minimum absolute atomic E-state index is 0.0832. The predicted molar refractivity (Wildman–Crippen MR) is 79.4 cm³/mol. The summed E-state index contributed by atoms with van der Waals surface area (Å²) in [5, 5.41) is 0. The highest BCUT2D eigenvalue weighted by molar-refractivity contribution is 6.16. The number of amides is 2. The largest absolute Gasteiger partial charge is 0.326 e. The number of piperidine rings is 1. The Balaban J connectivity index is 1.81. The SMILES string of the molecule is NCc1ccc(N2C(=O)CC3(CCCCC3)CC2=O)nc1. The van der Waals surface area contributed by atoms with Crippen LogP contribution in [0.1, 0.15) is 50.5 Å². The molecule has 2 amide bonds. The summed E-state index contributed by atoms with van der Waals surface area (Å²) in [7, 11) is 0. The molecule has 5 nitrogen and oxygen atoms in total. The fraction of sp³-hybridized carbons (Fsp3) is 0.562. The minimum atomic E-state index is -0.110. The van der Waals surface area contributed by atoms with Crippen LogP contribution in [0.2, 0.25) is 0 Å². The topological polar surface area (TPSA) is 76.3 Å². The summed E-state index contributed by atoms with van der Waals surface area (Å²) < 4.78 is 0. The van der Waals surface area contributed by atoms with Gasteiger partial charge in [0.05, 0.1) is 0 Å². The summed E-state index contributed by atoms with van der Waals surface area (Å²) in [5.74, 6) is 0.204. The molecule has 2 fully saturated rings. The second kappa shape index (κ2) is 5.56. The number of imide groups is 1. The lowest BCUT2D eigenvalue weighted by Gasteiger charge is -2.42. The maximum Gasteiger partial charge on any atom is 0.235 e. The van der Waals surface area contributed by atoms with Crippen LogP contribution in [0.15, 0.2) is 18.3 Å². The van der Waals surface area contributed by atoms with Crippen LogP contribution in [-0.2, 0) is 16.1 Å². The van der Waals surface area contributed by atoms with E-state index in [2.05, 4.69) is 4.98 Å². The van der Waals surface area contributed by atoms with Gasteiger partial charge in [0.15, 0.2) is 0 Å². The first kappa shape index (κ1) is 14.2. The van der Waals surface area contributed by atoms with Crippen molar-refractivity contribution in [3.63, 3.8) is 0 Å². The molecule has 0 unspecified atom stereocenters. The van der Waals surface area contributed by atoms with Crippen LogP contribution in [0.3, 0.4) is 0 Å². The van der Waals surface area contributed by atoms with E-state index in [1.165, 1.54) is 11.3 Å². The van der Waals surface area contributed by atoms with E-state index in [9.17, 15) is 9.59 Å². The summed E-state index contributed by atoms with van der Waals surface area (Å²) in [6, 6.07) is 3.52. The molecule has 21 heavy (non-hydrogen) atoms. The molecule has 2 N–H and O–H groups in total. The first-order chi connectivity index (χ1) is 10.1. The third-order valence-electron chi connectivity index (χ3n) is 4.74. The molecule has 1 saturated carbocycles. The molecule has 3 rings (SSSR count). The van der Waals surface area contributed by atoms with Crippen LogP contribution < -0.4 is 10.6 Å². The van der Waals surface area contributed by atoms with Crippen molar-refractivity contribution in [3.8, 4) is 0 Å². The van der Waals surface area contributed by atoms with Crippen LogP contribution in [0.5, 0.6) is 0 Å². The van der Waals surface area contributed by atoms with Gasteiger partial charge in [0, 0.05) is 25.6 Å². The number of nitrogens with two attached hydrogens (primary N) is 1. The second-order valence-electron chi connectivity index (χ2n) is 6.27. The fourth-order valence-corrected chi connectivity index (χ4v) is 3.58. The summed E-state index contributed by atoms with van der Waals surface area (Å²) in [5.41, 5.74) is 6.34. The second-order valence-corrected chi connectivity index (χ2v) is 6.27. The molecule has 1 aliphatic heterocycles. The average Bonchev–Trinajstić information content (AvgIpc) is 2.48. The lowest BCUT2D eigenvalue weighted by Crippen LogP contribution is -2.49. The Bertz CT molecular complexity index is 527. The van der Waals surface area contributed by atoms with Gasteiger partial charge < -0.3 is 5.73 Å². The quantitative estimate of drug-likeness (QED) is 0.845. The van der Waals surface area contributed by atoms with Gasteiger partial charge in [-0.15, -0.1) is 0 Å². The van der Waals surface area contributed by atoms with Crippen molar-refractivity contribution in [2.45, 2.75) is 51.5 Å². The number of carbonyl (C=O) groups excluding carboxylic acids is 2. The first-order valence-electron chi connectivity index (χ1n) is 7.64. The number of rotatable bonds is 2. The number of hydrogen-bond acceptors (Lipinski definition) is 4. The van der Waals surface area contributed by atoms with E-state index in [1.807, 2.05) is 6.07 Å². The molecule has 0 radical (unpaired) electrons. The van der Waals surface area contributed by atoms with Crippen LogP contribution in [0, 0.1) is 5.41 Å². The lowest BCUT2D eigenvalue weighted by molar-refractivity contribution is -0.134. The average molecular weight is 287 g/mol. The molecule has 0 atom stereocenters. The zero-order chi connectivity index (χ0) is 14.9. The van der Waals surface area contributed by atoms with E-state index in [4.69, 9.17) is 5.73 Å². The molecular formula is C16H21N3O2. The molecule has 1 aliphatic carbocycles. The number of nitrogens with zero attached hydrogens (tertiary/aromatic N) is 2. The van der Waals surface area contributed by atoms with Crippen LogP contribution in [0.4, 0.5) is 5.82 Å². The minimum Gasteiger partial charge on any atom is -0.326 e. The molecule has 2 heterocycles. The fourth-order valence-electron chi connectivity index (χ4n) is 3.58. The number of anilines is 1. The molecule has 1 spiro atoms. The van der Waals surface area contributed by atoms with E-state index in [-0.39, 0.29) is 17.2 Å². The first-order valence-corrected chi connectivity index (χ1v) is 7.64. The van der Waals surface area contributed by atoms with Crippen LogP contribution >= 0.6 is 0 Å². The highest BCUT2D eigenvalue weighted by Gasteiger charge is 2.44. The van der Waals surface area contributed by atoms with Gasteiger partial charge in [-0.2, -0.15) is 0 Å². The van der Waals surface area contributed by atoms with Crippen molar-refractivity contribution in [2.75, 3.05) is 4.90 Å². The van der Waals surface area contributed by atoms with Gasteiger partial charge in [0.2, 0.25) is 11.8 Å². The van der Waals surface area contributed by atoms with Gasteiger partial charge in [-0.3, -0.25) is 9.59 Å². The van der Waals surface area contributed by atoms with Crippen molar-refractivity contribution in [2.24, 2.45) is 11.1 Å². The van der Waals surface area contributed by atoms with Gasteiger partial charge in [-0.1, -0.05) is 25.3 Å². The van der Waals surface area contributed by atoms with E-state index in [1.54, 1.807) is 12.3 Å². The summed E-state index contributed by atoms with van der Waals surface area (Å²) >= 11 is 0.